The van der Waals surface area contributed by atoms with Gasteiger partial charge in [-0.15, -0.1) is 0 Å². The van der Waals surface area contributed by atoms with Crippen molar-refractivity contribution in [3.8, 4) is 0 Å². The first-order valence-electron chi connectivity index (χ1n) is 6.03. The summed E-state index contributed by atoms with van der Waals surface area (Å²) < 4.78 is 5.12. The van der Waals surface area contributed by atoms with Gasteiger partial charge in [0.15, 0.2) is 0 Å². The molecular formula is C13H15N3O2. The van der Waals surface area contributed by atoms with Gasteiger partial charge >= 0.3 is 5.63 Å². The van der Waals surface area contributed by atoms with Crippen molar-refractivity contribution in [3.05, 3.63) is 34.7 Å². The van der Waals surface area contributed by atoms with Gasteiger partial charge in [-0.3, -0.25) is 0 Å². The highest BCUT2D eigenvalue weighted by atomic mass is 16.4. The molecule has 0 saturated carbocycles. The Hall–Kier alpha value is -2.01. The minimum absolute atomic E-state index is 0.153. The van der Waals surface area contributed by atoms with E-state index in [0.29, 0.717) is 5.58 Å². The fourth-order valence-corrected chi connectivity index (χ4v) is 2.25. The number of piperazine rings is 1. The van der Waals surface area contributed by atoms with E-state index in [-0.39, 0.29) is 5.69 Å². The second-order valence-electron chi connectivity index (χ2n) is 4.45. The Morgan fingerprint density at radius 3 is 2.78 bits per heavy atom. The van der Waals surface area contributed by atoms with E-state index < -0.39 is 5.63 Å². The Balaban J connectivity index is 2.04. The average molecular weight is 245 g/mol. The zero-order valence-electron chi connectivity index (χ0n) is 9.98. The summed E-state index contributed by atoms with van der Waals surface area (Å²) in [7, 11) is 0. The number of anilines is 2. The van der Waals surface area contributed by atoms with Crippen molar-refractivity contribution >= 4 is 22.3 Å². The molecule has 0 spiro atoms. The van der Waals surface area contributed by atoms with Crippen molar-refractivity contribution in [3.63, 3.8) is 0 Å². The number of nitrogens with one attached hydrogen (secondary N) is 1. The Labute approximate surface area is 104 Å². The molecule has 1 aliphatic heterocycles. The molecule has 18 heavy (non-hydrogen) atoms. The highest BCUT2D eigenvalue weighted by molar-refractivity contribution is 5.83. The van der Waals surface area contributed by atoms with Crippen LogP contribution in [0.4, 0.5) is 11.4 Å². The molecule has 1 aliphatic rings. The number of rotatable bonds is 1. The largest absolute Gasteiger partial charge is 0.421 e. The first-order chi connectivity index (χ1) is 8.74. The van der Waals surface area contributed by atoms with Crippen molar-refractivity contribution < 1.29 is 4.42 Å². The fourth-order valence-electron chi connectivity index (χ4n) is 2.25. The summed E-state index contributed by atoms with van der Waals surface area (Å²) in [4.78, 5) is 13.6. The van der Waals surface area contributed by atoms with Gasteiger partial charge in [0.25, 0.3) is 0 Å². The molecular weight excluding hydrogens is 230 g/mol. The van der Waals surface area contributed by atoms with Gasteiger partial charge in [0.05, 0.1) is 0 Å². The van der Waals surface area contributed by atoms with E-state index in [1.54, 1.807) is 6.07 Å². The fraction of sp³-hybridized carbons (Fsp3) is 0.308. The van der Waals surface area contributed by atoms with Gasteiger partial charge in [-0.25, -0.2) is 4.79 Å². The summed E-state index contributed by atoms with van der Waals surface area (Å²) in [5.74, 6) is 0. The van der Waals surface area contributed by atoms with Crippen LogP contribution < -0.4 is 21.6 Å². The third-order valence-electron chi connectivity index (χ3n) is 3.22. The standard InChI is InChI=1S/C13H15N3O2/c14-11-8-9-7-10(16-5-3-15-4-6-16)1-2-12(9)18-13(11)17/h1-2,7-8,15H,3-6,14H2. The Morgan fingerprint density at radius 1 is 1.22 bits per heavy atom. The average Bonchev–Trinajstić information content (AvgIpc) is 2.41. The maximum Gasteiger partial charge on any atom is 0.359 e. The van der Waals surface area contributed by atoms with Gasteiger partial charge in [0.2, 0.25) is 0 Å². The molecule has 0 bridgehead atoms. The number of benzene rings is 1. The van der Waals surface area contributed by atoms with E-state index in [0.717, 1.165) is 37.3 Å². The molecule has 94 valence electrons. The molecule has 0 aliphatic carbocycles. The van der Waals surface area contributed by atoms with Crippen LogP contribution in [0.25, 0.3) is 11.0 Å². The zero-order chi connectivity index (χ0) is 12.5. The number of nitrogens with two attached hydrogens (primary N) is 1. The summed E-state index contributed by atoms with van der Waals surface area (Å²) in [6.45, 7) is 3.95. The molecule has 5 nitrogen and oxygen atoms in total. The predicted molar refractivity (Wildman–Crippen MR) is 72.0 cm³/mol. The minimum Gasteiger partial charge on any atom is -0.421 e. The van der Waals surface area contributed by atoms with Gasteiger partial charge in [-0.1, -0.05) is 0 Å². The number of nitrogen functional groups attached to an aromatic ring is 1. The Kier molecular flexibility index (Phi) is 2.68. The van der Waals surface area contributed by atoms with Gasteiger partial charge in [0.1, 0.15) is 11.3 Å². The van der Waals surface area contributed by atoms with Crippen LogP contribution in [0.1, 0.15) is 0 Å². The summed E-state index contributed by atoms with van der Waals surface area (Å²) in [6.07, 6.45) is 0. The topological polar surface area (TPSA) is 71.5 Å². The third kappa shape index (κ3) is 1.93. The lowest BCUT2D eigenvalue weighted by Gasteiger charge is -2.29. The maximum atomic E-state index is 11.3. The molecule has 0 amide bonds. The quantitative estimate of drug-likeness (QED) is 0.727. The van der Waals surface area contributed by atoms with Gasteiger partial charge < -0.3 is 20.4 Å². The van der Waals surface area contributed by atoms with E-state index in [2.05, 4.69) is 10.2 Å². The number of hydrogen-bond acceptors (Lipinski definition) is 5. The number of nitrogens with zero attached hydrogens (tertiary/aromatic N) is 1. The molecule has 1 saturated heterocycles. The third-order valence-corrected chi connectivity index (χ3v) is 3.22. The zero-order valence-corrected chi connectivity index (χ0v) is 9.98. The minimum atomic E-state index is -0.475. The van der Waals surface area contributed by atoms with Crippen molar-refractivity contribution in [2.24, 2.45) is 0 Å². The van der Waals surface area contributed by atoms with Gasteiger partial charge in [-0.05, 0) is 24.3 Å². The second kappa shape index (κ2) is 4.34. The van der Waals surface area contributed by atoms with Crippen LogP contribution in [0, 0.1) is 0 Å². The van der Waals surface area contributed by atoms with Crippen molar-refractivity contribution in [1.29, 1.82) is 0 Å². The van der Waals surface area contributed by atoms with Crippen LogP contribution in [-0.2, 0) is 0 Å². The van der Waals surface area contributed by atoms with Crippen LogP contribution in [-0.4, -0.2) is 26.2 Å². The lowest BCUT2D eigenvalue weighted by Crippen LogP contribution is -2.43. The molecule has 1 aromatic heterocycles. The predicted octanol–water partition coefficient (Wildman–Crippen LogP) is 0.785. The van der Waals surface area contributed by atoms with E-state index in [1.165, 1.54) is 0 Å². The molecule has 1 fully saturated rings. The summed E-state index contributed by atoms with van der Waals surface area (Å²) in [6, 6.07) is 7.49. The summed E-state index contributed by atoms with van der Waals surface area (Å²) in [5, 5.41) is 4.18. The Morgan fingerprint density at radius 2 is 2.00 bits per heavy atom. The molecule has 2 heterocycles. The van der Waals surface area contributed by atoms with Gasteiger partial charge in [0, 0.05) is 37.3 Å². The van der Waals surface area contributed by atoms with Crippen LogP contribution >= 0.6 is 0 Å². The number of fused-ring (bicyclic) bond motifs is 1. The summed E-state index contributed by atoms with van der Waals surface area (Å²) >= 11 is 0. The van der Waals surface area contributed by atoms with E-state index >= 15 is 0 Å². The first-order valence-corrected chi connectivity index (χ1v) is 6.03. The smallest absolute Gasteiger partial charge is 0.359 e. The molecule has 3 rings (SSSR count). The monoisotopic (exact) mass is 245 g/mol. The van der Waals surface area contributed by atoms with Crippen molar-refractivity contribution in [2.75, 3.05) is 36.8 Å². The molecule has 5 heteroatoms. The lowest BCUT2D eigenvalue weighted by atomic mass is 10.2. The molecule has 0 atom stereocenters. The number of hydrogen-bond donors (Lipinski definition) is 2. The first kappa shape index (κ1) is 11.1. The SMILES string of the molecule is Nc1cc2cc(N3CCNCC3)ccc2oc1=O. The van der Waals surface area contributed by atoms with Crippen LogP contribution in [0.5, 0.6) is 0 Å². The highest BCUT2D eigenvalue weighted by Crippen LogP contribution is 2.22. The molecule has 3 N–H and O–H groups in total. The molecule has 0 radical (unpaired) electrons. The lowest BCUT2D eigenvalue weighted by molar-refractivity contribution is 0.564. The highest BCUT2D eigenvalue weighted by Gasteiger charge is 2.11. The van der Waals surface area contributed by atoms with Crippen LogP contribution in [0.3, 0.4) is 0 Å². The van der Waals surface area contributed by atoms with E-state index in [4.69, 9.17) is 10.2 Å². The molecule has 1 aromatic carbocycles. The van der Waals surface area contributed by atoms with Gasteiger partial charge in [-0.2, -0.15) is 0 Å². The molecule has 0 unspecified atom stereocenters. The van der Waals surface area contributed by atoms with E-state index in [9.17, 15) is 4.79 Å². The second-order valence-corrected chi connectivity index (χ2v) is 4.45. The van der Waals surface area contributed by atoms with Crippen molar-refractivity contribution in [2.45, 2.75) is 0 Å². The van der Waals surface area contributed by atoms with Crippen molar-refractivity contribution in [1.82, 2.24) is 5.32 Å². The summed E-state index contributed by atoms with van der Waals surface area (Å²) in [5.41, 5.74) is 6.98. The normalized spacial score (nSPS) is 16.1. The molecule has 2 aromatic rings. The Bertz CT molecular complexity index is 630. The van der Waals surface area contributed by atoms with Crippen LogP contribution in [0.15, 0.2) is 33.5 Å². The maximum absolute atomic E-state index is 11.3. The van der Waals surface area contributed by atoms with E-state index in [1.807, 2.05) is 18.2 Å². The van der Waals surface area contributed by atoms with Crippen LogP contribution in [0.2, 0.25) is 0 Å².